The number of amides is 1. The second-order valence-electron chi connectivity index (χ2n) is 5.31. The first kappa shape index (κ1) is 18.4. The highest BCUT2D eigenvalue weighted by atomic mass is 16.2. The molecule has 19 heavy (non-hydrogen) atoms. The van der Waals surface area contributed by atoms with Crippen molar-refractivity contribution in [3.8, 4) is 0 Å². The maximum atomic E-state index is 12.0. The quantitative estimate of drug-likeness (QED) is 0.502. The summed E-state index contributed by atoms with van der Waals surface area (Å²) in [4.78, 5) is 12.0. The van der Waals surface area contributed by atoms with Gasteiger partial charge in [-0.3, -0.25) is 4.79 Å². The molecule has 0 bridgehead atoms. The van der Waals surface area contributed by atoms with Gasteiger partial charge in [0.25, 0.3) is 0 Å². The monoisotopic (exact) mass is 270 g/mol. The van der Waals surface area contributed by atoms with E-state index in [1.165, 1.54) is 44.9 Å². The summed E-state index contributed by atoms with van der Waals surface area (Å²) in [5, 5.41) is 6.36. The number of carbonyl (C=O) groups excluding carboxylic acids is 1. The lowest BCUT2D eigenvalue weighted by molar-refractivity contribution is -0.123. The van der Waals surface area contributed by atoms with E-state index in [4.69, 9.17) is 0 Å². The van der Waals surface area contributed by atoms with E-state index in [1.807, 2.05) is 6.92 Å². The summed E-state index contributed by atoms with van der Waals surface area (Å²) >= 11 is 0. The van der Waals surface area contributed by atoms with Gasteiger partial charge in [-0.1, -0.05) is 58.8 Å². The molecule has 0 saturated heterocycles. The number of nitrogens with one attached hydrogen (secondary N) is 2. The molecule has 0 spiro atoms. The van der Waals surface area contributed by atoms with Crippen LogP contribution in [0.5, 0.6) is 0 Å². The van der Waals surface area contributed by atoms with Crippen LogP contribution in [0.1, 0.15) is 78.6 Å². The third-order valence-corrected chi connectivity index (χ3v) is 3.43. The third-order valence-electron chi connectivity index (χ3n) is 3.43. The number of hydrogen-bond acceptors (Lipinski definition) is 2. The number of carbonyl (C=O) groups is 1. The van der Waals surface area contributed by atoms with Crippen LogP contribution in [0.3, 0.4) is 0 Å². The van der Waals surface area contributed by atoms with Gasteiger partial charge in [-0.15, -0.1) is 0 Å². The minimum absolute atomic E-state index is 0.0124. The highest BCUT2D eigenvalue weighted by Gasteiger charge is 2.15. The van der Waals surface area contributed by atoms with Crippen LogP contribution < -0.4 is 10.6 Å². The van der Waals surface area contributed by atoms with Crippen molar-refractivity contribution in [3.05, 3.63) is 0 Å². The Morgan fingerprint density at radius 2 is 1.53 bits per heavy atom. The SMILES string of the molecule is CCCCCCCC(NCCCCC)C(=O)NCC. The van der Waals surface area contributed by atoms with Crippen LogP contribution in [0.15, 0.2) is 0 Å². The molecular weight excluding hydrogens is 236 g/mol. The first-order valence-electron chi connectivity index (χ1n) is 8.27. The Hall–Kier alpha value is -0.570. The molecule has 0 aromatic carbocycles. The van der Waals surface area contributed by atoms with Crippen molar-refractivity contribution in [1.29, 1.82) is 0 Å². The topological polar surface area (TPSA) is 41.1 Å². The maximum Gasteiger partial charge on any atom is 0.237 e. The molecule has 0 saturated carbocycles. The number of unbranched alkanes of at least 4 members (excludes halogenated alkanes) is 6. The minimum Gasteiger partial charge on any atom is -0.355 e. The van der Waals surface area contributed by atoms with Gasteiger partial charge in [-0.05, 0) is 26.3 Å². The molecule has 0 aromatic heterocycles. The Morgan fingerprint density at radius 3 is 2.16 bits per heavy atom. The summed E-state index contributed by atoms with van der Waals surface area (Å²) in [7, 11) is 0. The van der Waals surface area contributed by atoms with Crippen LogP contribution in [-0.4, -0.2) is 25.0 Å². The van der Waals surface area contributed by atoms with Crippen molar-refractivity contribution in [3.63, 3.8) is 0 Å². The molecule has 3 nitrogen and oxygen atoms in total. The van der Waals surface area contributed by atoms with Crippen molar-refractivity contribution in [2.24, 2.45) is 0 Å². The zero-order valence-electron chi connectivity index (χ0n) is 13.3. The lowest BCUT2D eigenvalue weighted by Gasteiger charge is -2.18. The van der Waals surface area contributed by atoms with E-state index in [9.17, 15) is 4.79 Å². The molecule has 0 aliphatic carbocycles. The largest absolute Gasteiger partial charge is 0.355 e. The van der Waals surface area contributed by atoms with E-state index in [-0.39, 0.29) is 11.9 Å². The predicted octanol–water partition coefficient (Wildman–Crippen LogP) is 3.63. The summed E-state index contributed by atoms with van der Waals surface area (Å²) in [5.41, 5.74) is 0. The van der Waals surface area contributed by atoms with Crippen molar-refractivity contribution >= 4 is 5.91 Å². The molecule has 1 unspecified atom stereocenters. The summed E-state index contributed by atoms with van der Waals surface area (Å²) in [6, 6.07) is 0.0124. The van der Waals surface area contributed by atoms with E-state index in [0.717, 1.165) is 25.9 Å². The summed E-state index contributed by atoms with van der Waals surface area (Å²) in [5.74, 6) is 0.175. The molecule has 0 radical (unpaired) electrons. The molecule has 2 N–H and O–H groups in total. The van der Waals surface area contributed by atoms with E-state index in [2.05, 4.69) is 24.5 Å². The molecule has 1 atom stereocenters. The average Bonchev–Trinajstić information content (AvgIpc) is 2.41. The normalized spacial score (nSPS) is 12.4. The van der Waals surface area contributed by atoms with Crippen LogP contribution in [0.25, 0.3) is 0 Å². The van der Waals surface area contributed by atoms with Crippen molar-refractivity contribution in [1.82, 2.24) is 10.6 Å². The van der Waals surface area contributed by atoms with Crippen LogP contribution >= 0.6 is 0 Å². The van der Waals surface area contributed by atoms with Crippen molar-refractivity contribution in [2.45, 2.75) is 84.6 Å². The second-order valence-corrected chi connectivity index (χ2v) is 5.31. The van der Waals surface area contributed by atoms with Gasteiger partial charge >= 0.3 is 0 Å². The fourth-order valence-corrected chi connectivity index (χ4v) is 2.23. The fraction of sp³-hybridized carbons (Fsp3) is 0.938. The highest BCUT2D eigenvalue weighted by Crippen LogP contribution is 2.08. The van der Waals surface area contributed by atoms with Gasteiger partial charge in [0.15, 0.2) is 0 Å². The number of rotatable bonds is 13. The van der Waals surface area contributed by atoms with Crippen molar-refractivity contribution in [2.75, 3.05) is 13.1 Å². The van der Waals surface area contributed by atoms with Gasteiger partial charge < -0.3 is 10.6 Å². The van der Waals surface area contributed by atoms with Gasteiger partial charge in [0.05, 0.1) is 6.04 Å². The lowest BCUT2D eigenvalue weighted by Crippen LogP contribution is -2.44. The molecule has 1 amide bonds. The van der Waals surface area contributed by atoms with Crippen molar-refractivity contribution < 1.29 is 4.79 Å². The Kier molecular flexibility index (Phi) is 13.4. The van der Waals surface area contributed by atoms with E-state index >= 15 is 0 Å². The van der Waals surface area contributed by atoms with Crippen LogP contribution in [0.4, 0.5) is 0 Å². The Bertz CT molecular complexity index is 207. The van der Waals surface area contributed by atoms with Gasteiger partial charge in [0.1, 0.15) is 0 Å². The lowest BCUT2D eigenvalue weighted by atomic mass is 10.1. The Labute approximate surface area is 119 Å². The first-order chi connectivity index (χ1) is 9.26. The van der Waals surface area contributed by atoms with Crippen LogP contribution in [0, 0.1) is 0 Å². The third kappa shape index (κ3) is 11.0. The zero-order chi connectivity index (χ0) is 14.3. The summed E-state index contributed by atoms with van der Waals surface area (Å²) < 4.78 is 0. The summed E-state index contributed by atoms with van der Waals surface area (Å²) in [6.45, 7) is 8.10. The Morgan fingerprint density at radius 1 is 0.895 bits per heavy atom. The summed E-state index contributed by atoms with van der Waals surface area (Å²) in [6.07, 6.45) is 10.9. The Balaban J connectivity index is 3.86. The molecule has 114 valence electrons. The smallest absolute Gasteiger partial charge is 0.237 e. The van der Waals surface area contributed by atoms with Gasteiger partial charge in [-0.2, -0.15) is 0 Å². The van der Waals surface area contributed by atoms with Crippen LogP contribution in [-0.2, 0) is 4.79 Å². The highest BCUT2D eigenvalue weighted by molar-refractivity contribution is 5.81. The second kappa shape index (κ2) is 13.9. The predicted molar refractivity (Wildman–Crippen MR) is 83.4 cm³/mol. The maximum absolute atomic E-state index is 12.0. The van der Waals surface area contributed by atoms with E-state index in [1.54, 1.807) is 0 Å². The molecule has 0 aliphatic heterocycles. The molecular formula is C16H34N2O. The molecule has 3 heteroatoms. The number of hydrogen-bond donors (Lipinski definition) is 2. The standard InChI is InChI=1S/C16H34N2O/c1-4-7-9-10-11-13-15(16(19)17-6-3)18-14-12-8-5-2/h15,18H,4-14H2,1-3H3,(H,17,19). The molecule has 0 aliphatic rings. The molecule has 0 fully saturated rings. The van der Waals surface area contributed by atoms with Gasteiger partial charge in [0, 0.05) is 6.54 Å². The zero-order valence-corrected chi connectivity index (χ0v) is 13.3. The van der Waals surface area contributed by atoms with E-state index < -0.39 is 0 Å². The number of likely N-dealkylation sites (N-methyl/N-ethyl adjacent to an activating group) is 1. The van der Waals surface area contributed by atoms with Crippen LogP contribution in [0.2, 0.25) is 0 Å². The molecule has 0 rings (SSSR count). The van der Waals surface area contributed by atoms with E-state index in [0.29, 0.717) is 0 Å². The molecule has 0 heterocycles. The molecule has 0 aromatic rings. The van der Waals surface area contributed by atoms with Gasteiger partial charge in [0.2, 0.25) is 5.91 Å². The average molecular weight is 270 g/mol. The fourth-order valence-electron chi connectivity index (χ4n) is 2.23. The van der Waals surface area contributed by atoms with Gasteiger partial charge in [-0.25, -0.2) is 0 Å². The minimum atomic E-state index is 0.0124. The first-order valence-corrected chi connectivity index (χ1v) is 8.27.